The van der Waals surface area contributed by atoms with Crippen LogP contribution in [-0.2, 0) is 6.54 Å². The van der Waals surface area contributed by atoms with Crippen LogP contribution < -0.4 is 10.1 Å². The molecule has 0 fully saturated rings. The number of nitrogens with one attached hydrogen (secondary N) is 1. The summed E-state index contributed by atoms with van der Waals surface area (Å²) in [6, 6.07) is 13.1. The van der Waals surface area contributed by atoms with E-state index in [-0.39, 0.29) is 11.6 Å². The number of ether oxygens (including phenoxy) is 1. The Labute approximate surface area is 113 Å². The molecule has 0 bridgehead atoms. The summed E-state index contributed by atoms with van der Waals surface area (Å²) in [6.07, 6.45) is 0. The SMILES string of the molecule is CCNCc1ccc(-c2ccc(OC)c(F)c2)cc1. The van der Waals surface area contributed by atoms with Crippen molar-refractivity contribution in [3.05, 3.63) is 53.8 Å². The van der Waals surface area contributed by atoms with E-state index >= 15 is 0 Å². The van der Waals surface area contributed by atoms with Gasteiger partial charge in [-0.05, 0) is 35.4 Å². The average Bonchev–Trinajstić information content (AvgIpc) is 2.45. The zero-order chi connectivity index (χ0) is 13.7. The molecular formula is C16H18FNO. The summed E-state index contributed by atoms with van der Waals surface area (Å²) in [7, 11) is 1.47. The molecule has 2 aromatic carbocycles. The van der Waals surface area contributed by atoms with Gasteiger partial charge < -0.3 is 10.1 Å². The van der Waals surface area contributed by atoms with Crippen molar-refractivity contribution in [2.45, 2.75) is 13.5 Å². The van der Waals surface area contributed by atoms with Crippen molar-refractivity contribution >= 4 is 0 Å². The molecule has 0 spiro atoms. The lowest BCUT2D eigenvalue weighted by Gasteiger charge is -2.07. The van der Waals surface area contributed by atoms with E-state index in [0.29, 0.717) is 0 Å². The third kappa shape index (κ3) is 3.32. The Bertz CT molecular complexity index is 537. The number of rotatable bonds is 5. The van der Waals surface area contributed by atoms with Crippen LogP contribution >= 0.6 is 0 Å². The Morgan fingerprint density at radius 2 is 1.74 bits per heavy atom. The summed E-state index contributed by atoms with van der Waals surface area (Å²) in [5.41, 5.74) is 3.08. The lowest BCUT2D eigenvalue weighted by Crippen LogP contribution is -2.11. The molecule has 0 saturated heterocycles. The number of halogens is 1. The topological polar surface area (TPSA) is 21.3 Å². The number of hydrogen-bond acceptors (Lipinski definition) is 2. The van der Waals surface area contributed by atoms with Gasteiger partial charge in [0.05, 0.1) is 7.11 Å². The second kappa shape index (κ2) is 6.34. The normalized spacial score (nSPS) is 10.5. The highest BCUT2D eigenvalue weighted by atomic mass is 19.1. The van der Waals surface area contributed by atoms with Gasteiger partial charge in [-0.15, -0.1) is 0 Å². The Morgan fingerprint density at radius 3 is 2.32 bits per heavy atom. The summed E-state index contributed by atoms with van der Waals surface area (Å²) in [5.74, 6) is -0.0655. The molecule has 0 radical (unpaired) electrons. The fourth-order valence-corrected chi connectivity index (χ4v) is 1.93. The van der Waals surface area contributed by atoms with Gasteiger partial charge in [-0.1, -0.05) is 37.3 Å². The van der Waals surface area contributed by atoms with Gasteiger partial charge in [-0.3, -0.25) is 0 Å². The number of methoxy groups -OCH3 is 1. The lowest BCUT2D eigenvalue weighted by atomic mass is 10.0. The van der Waals surface area contributed by atoms with Crippen LogP contribution in [0.15, 0.2) is 42.5 Å². The van der Waals surface area contributed by atoms with Crippen molar-refractivity contribution in [3.8, 4) is 16.9 Å². The first-order chi connectivity index (χ1) is 9.24. The first-order valence-corrected chi connectivity index (χ1v) is 6.38. The lowest BCUT2D eigenvalue weighted by molar-refractivity contribution is 0.386. The molecule has 2 nitrogen and oxygen atoms in total. The van der Waals surface area contributed by atoms with Crippen LogP contribution in [0.1, 0.15) is 12.5 Å². The molecule has 0 aliphatic heterocycles. The van der Waals surface area contributed by atoms with E-state index in [1.54, 1.807) is 6.07 Å². The molecule has 0 aromatic heterocycles. The number of hydrogen-bond donors (Lipinski definition) is 1. The van der Waals surface area contributed by atoms with E-state index in [2.05, 4.69) is 24.4 Å². The summed E-state index contributed by atoms with van der Waals surface area (Å²) >= 11 is 0. The van der Waals surface area contributed by atoms with E-state index in [1.807, 2.05) is 18.2 Å². The maximum absolute atomic E-state index is 13.6. The third-order valence-electron chi connectivity index (χ3n) is 3.02. The van der Waals surface area contributed by atoms with Gasteiger partial charge in [0.25, 0.3) is 0 Å². The Hall–Kier alpha value is -1.87. The molecule has 0 unspecified atom stereocenters. The van der Waals surface area contributed by atoms with Gasteiger partial charge in [0.2, 0.25) is 0 Å². The van der Waals surface area contributed by atoms with Crippen LogP contribution in [0.25, 0.3) is 11.1 Å². The molecule has 0 atom stereocenters. The number of benzene rings is 2. The van der Waals surface area contributed by atoms with Crippen LogP contribution in [0.5, 0.6) is 5.75 Å². The van der Waals surface area contributed by atoms with E-state index in [0.717, 1.165) is 24.2 Å². The molecule has 100 valence electrons. The molecule has 0 aliphatic carbocycles. The molecule has 2 rings (SSSR count). The summed E-state index contributed by atoms with van der Waals surface area (Å²) < 4.78 is 18.6. The summed E-state index contributed by atoms with van der Waals surface area (Å²) in [4.78, 5) is 0. The third-order valence-corrected chi connectivity index (χ3v) is 3.02. The van der Waals surface area contributed by atoms with Gasteiger partial charge in [-0.2, -0.15) is 0 Å². The monoisotopic (exact) mass is 259 g/mol. The van der Waals surface area contributed by atoms with E-state index in [4.69, 9.17) is 4.74 Å². The second-order valence-corrected chi connectivity index (χ2v) is 4.33. The minimum absolute atomic E-state index is 0.271. The Balaban J connectivity index is 2.19. The molecule has 2 aromatic rings. The molecular weight excluding hydrogens is 241 g/mol. The zero-order valence-electron chi connectivity index (χ0n) is 11.2. The Morgan fingerprint density at radius 1 is 1.05 bits per heavy atom. The fraction of sp³-hybridized carbons (Fsp3) is 0.250. The largest absolute Gasteiger partial charge is 0.494 e. The highest BCUT2D eigenvalue weighted by Gasteiger charge is 2.05. The maximum Gasteiger partial charge on any atom is 0.165 e. The van der Waals surface area contributed by atoms with Crippen molar-refractivity contribution in [3.63, 3.8) is 0 Å². The van der Waals surface area contributed by atoms with Gasteiger partial charge in [0, 0.05) is 6.54 Å². The molecule has 1 N–H and O–H groups in total. The van der Waals surface area contributed by atoms with Crippen LogP contribution in [0, 0.1) is 5.82 Å². The predicted molar refractivity (Wildman–Crippen MR) is 75.8 cm³/mol. The van der Waals surface area contributed by atoms with Gasteiger partial charge >= 0.3 is 0 Å². The minimum Gasteiger partial charge on any atom is -0.494 e. The Kier molecular flexibility index (Phi) is 4.53. The predicted octanol–water partition coefficient (Wildman–Crippen LogP) is 3.61. The standard InChI is InChI=1S/C16H18FNO/c1-3-18-11-12-4-6-13(7-5-12)14-8-9-16(19-2)15(17)10-14/h4-10,18H,3,11H2,1-2H3. The zero-order valence-corrected chi connectivity index (χ0v) is 11.2. The van der Waals surface area contributed by atoms with Gasteiger partial charge in [0.1, 0.15) is 0 Å². The minimum atomic E-state index is -0.336. The van der Waals surface area contributed by atoms with Crippen molar-refractivity contribution in [1.82, 2.24) is 5.32 Å². The van der Waals surface area contributed by atoms with Crippen molar-refractivity contribution in [1.29, 1.82) is 0 Å². The molecule has 0 saturated carbocycles. The van der Waals surface area contributed by atoms with E-state index in [9.17, 15) is 4.39 Å². The van der Waals surface area contributed by atoms with Crippen molar-refractivity contribution in [2.24, 2.45) is 0 Å². The average molecular weight is 259 g/mol. The second-order valence-electron chi connectivity index (χ2n) is 4.33. The molecule has 19 heavy (non-hydrogen) atoms. The molecule has 3 heteroatoms. The first kappa shape index (κ1) is 13.6. The first-order valence-electron chi connectivity index (χ1n) is 6.38. The molecule has 0 heterocycles. The van der Waals surface area contributed by atoms with Crippen LogP contribution in [0.4, 0.5) is 4.39 Å². The van der Waals surface area contributed by atoms with Gasteiger partial charge in [0.15, 0.2) is 11.6 Å². The van der Waals surface area contributed by atoms with Crippen LogP contribution in [-0.4, -0.2) is 13.7 Å². The van der Waals surface area contributed by atoms with E-state index in [1.165, 1.54) is 18.7 Å². The summed E-state index contributed by atoms with van der Waals surface area (Å²) in [6.45, 7) is 3.88. The van der Waals surface area contributed by atoms with Crippen molar-refractivity contribution in [2.75, 3.05) is 13.7 Å². The van der Waals surface area contributed by atoms with Gasteiger partial charge in [-0.25, -0.2) is 4.39 Å². The highest BCUT2D eigenvalue weighted by Crippen LogP contribution is 2.25. The van der Waals surface area contributed by atoms with E-state index < -0.39 is 0 Å². The van der Waals surface area contributed by atoms with Crippen LogP contribution in [0.3, 0.4) is 0 Å². The van der Waals surface area contributed by atoms with Crippen LogP contribution in [0.2, 0.25) is 0 Å². The summed E-state index contributed by atoms with van der Waals surface area (Å²) in [5, 5.41) is 3.27. The quantitative estimate of drug-likeness (QED) is 0.885. The van der Waals surface area contributed by atoms with Crippen molar-refractivity contribution < 1.29 is 9.13 Å². The fourth-order valence-electron chi connectivity index (χ4n) is 1.93. The smallest absolute Gasteiger partial charge is 0.165 e. The highest BCUT2D eigenvalue weighted by molar-refractivity contribution is 5.64. The maximum atomic E-state index is 13.6. The molecule has 0 aliphatic rings. The molecule has 0 amide bonds.